The molecule has 17 heavy (non-hydrogen) atoms. The summed E-state index contributed by atoms with van der Waals surface area (Å²) in [5, 5.41) is 1.77. The van der Waals surface area contributed by atoms with Crippen molar-refractivity contribution >= 4 is 23.4 Å². The topological polar surface area (TPSA) is 38.9 Å². The normalized spacial score (nSPS) is 10.5. The number of nitrogens with zero attached hydrogens (tertiary/aromatic N) is 1. The largest absolute Gasteiger partial charge is 0.326 e. The van der Waals surface area contributed by atoms with Crippen LogP contribution >= 0.6 is 23.4 Å². The Hall–Kier alpha value is -1.03. The first-order valence-electron chi connectivity index (χ1n) is 5.30. The van der Waals surface area contributed by atoms with Crippen LogP contribution in [0.4, 0.5) is 0 Å². The third-order valence-corrected chi connectivity index (χ3v) is 3.58. The highest BCUT2D eigenvalue weighted by molar-refractivity contribution is 7.98. The first-order valence-corrected chi connectivity index (χ1v) is 6.66. The third-order valence-electron chi connectivity index (χ3n) is 2.33. The van der Waals surface area contributed by atoms with E-state index in [1.165, 1.54) is 5.56 Å². The maximum Gasteiger partial charge on any atom is 0.0966 e. The number of benzene rings is 1. The summed E-state index contributed by atoms with van der Waals surface area (Å²) in [5.74, 6) is 0.887. The molecule has 88 valence electrons. The van der Waals surface area contributed by atoms with Gasteiger partial charge in [0.05, 0.1) is 5.03 Å². The van der Waals surface area contributed by atoms with E-state index in [2.05, 4.69) is 4.98 Å². The third kappa shape index (κ3) is 3.73. The SMILES string of the molecule is NCc1ccnc(SCc2ccc(Cl)cc2)c1. The van der Waals surface area contributed by atoms with Gasteiger partial charge in [0.15, 0.2) is 0 Å². The molecule has 2 nitrogen and oxygen atoms in total. The Balaban J connectivity index is 1.99. The second-order valence-electron chi connectivity index (χ2n) is 3.62. The fraction of sp³-hybridized carbons (Fsp3) is 0.154. The minimum Gasteiger partial charge on any atom is -0.326 e. The molecule has 0 radical (unpaired) electrons. The fourth-order valence-electron chi connectivity index (χ4n) is 1.39. The zero-order valence-electron chi connectivity index (χ0n) is 9.27. The second kappa shape index (κ2) is 6.05. The van der Waals surface area contributed by atoms with Crippen LogP contribution in [0.15, 0.2) is 47.6 Å². The molecule has 0 amide bonds. The van der Waals surface area contributed by atoms with Crippen molar-refractivity contribution in [3.8, 4) is 0 Å². The highest BCUT2D eigenvalue weighted by Gasteiger charge is 1.99. The number of rotatable bonds is 4. The van der Waals surface area contributed by atoms with Gasteiger partial charge in [0.2, 0.25) is 0 Å². The summed E-state index contributed by atoms with van der Waals surface area (Å²) in [6, 6.07) is 11.8. The van der Waals surface area contributed by atoms with Crippen LogP contribution in [-0.2, 0) is 12.3 Å². The van der Waals surface area contributed by atoms with E-state index in [4.69, 9.17) is 17.3 Å². The van der Waals surface area contributed by atoms with Gasteiger partial charge in [-0.2, -0.15) is 0 Å². The first-order chi connectivity index (χ1) is 8.28. The molecule has 0 bridgehead atoms. The van der Waals surface area contributed by atoms with E-state index in [0.29, 0.717) is 6.54 Å². The molecule has 0 aliphatic heterocycles. The van der Waals surface area contributed by atoms with Gasteiger partial charge in [-0.25, -0.2) is 4.98 Å². The van der Waals surface area contributed by atoms with Crippen molar-refractivity contribution in [3.63, 3.8) is 0 Å². The molecule has 1 aromatic carbocycles. The highest BCUT2D eigenvalue weighted by atomic mass is 35.5. The minimum atomic E-state index is 0.553. The van der Waals surface area contributed by atoms with Gasteiger partial charge < -0.3 is 5.73 Å². The van der Waals surface area contributed by atoms with Crippen LogP contribution < -0.4 is 5.73 Å². The molecule has 1 aromatic heterocycles. The van der Waals surface area contributed by atoms with Crippen molar-refractivity contribution in [2.24, 2.45) is 5.73 Å². The number of halogens is 1. The van der Waals surface area contributed by atoms with Crippen molar-refractivity contribution in [3.05, 3.63) is 58.7 Å². The summed E-state index contributed by atoms with van der Waals surface area (Å²) in [4.78, 5) is 4.30. The molecule has 0 saturated carbocycles. The van der Waals surface area contributed by atoms with Gasteiger partial charge in [0, 0.05) is 23.5 Å². The quantitative estimate of drug-likeness (QED) is 0.860. The van der Waals surface area contributed by atoms with E-state index >= 15 is 0 Å². The lowest BCUT2D eigenvalue weighted by molar-refractivity contribution is 1.02. The smallest absolute Gasteiger partial charge is 0.0966 e. The minimum absolute atomic E-state index is 0.553. The van der Waals surface area contributed by atoms with Gasteiger partial charge in [-0.1, -0.05) is 23.7 Å². The second-order valence-corrected chi connectivity index (χ2v) is 5.05. The highest BCUT2D eigenvalue weighted by Crippen LogP contribution is 2.22. The van der Waals surface area contributed by atoms with Crippen molar-refractivity contribution in [1.82, 2.24) is 4.98 Å². The maximum atomic E-state index is 5.84. The summed E-state index contributed by atoms with van der Waals surface area (Å²) in [6.07, 6.45) is 1.80. The summed E-state index contributed by atoms with van der Waals surface area (Å²) < 4.78 is 0. The molecular weight excluding hydrogens is 252 g/mol. The Morgan fingerprint density at radius 3 is 2.59 bits per heavy atom. The van der Waals surface area contributed by atoms with E-state index in [1.807, 2.05) is 36.4 Å². The molecule has 0 aliphatic rings. The van der Waals surface area contributed by atoms with E-state index in [0.717, 1.165) is 21.4 Å². The van der Waals surface area contributed by atoms with Crippen molar-refractivity contribution in [2.45, 2.75) is 17.3 Å². The molecule has 0 unspecified atom stereocenters. The lowest BCUT2D eigenvalue weighted by atomic mass is 10.2. The number of nitrogens with two attached hydrogens (primary N) is 1. The van der Waals surface area contributed by atoms with Crippen LogP contribution in [0.1, 0.15) is 11.1 Å². The first kappa shape index (κ1) is 12.4. The van der Waals surface area contributed by atoms with E-state index in [1.54, 1.807) is 18.0 Å². The number of hydrogen-bond acceptors (Lipinski definition) is 3. The fourth-order valence-corrected chi connectivity index (χ4v) is 2.40. The predicted molar refractivity (Wildman–Crippen MR) is 73.1 cm³/mol. The van der Waals surface area contributed by atoms with Gasteiger partial charge in [0.25, 0.3) is 0 Å². The average molecular weight is 265 g/mol. The van der Waals surface area contributed by atoms with Gasteiger partial charge in [-0.3, -0.25) is 0 Å². The molecule has 0 atom stereocenters. The summed E-state index contributed by atoms with van der Waals surface area (Å²) in [5.41, 5.74) is 7.94. The average Bonchev–Trinajstić information content (AvgIpc) is 2.38. The van der Waals surface area contributed by atoms with Crippen molar-refractivity contribution in [2.75, 3.05) is 0 Å². The monoisotopic (exact) mass is 264 g/mol. The Kier molecular flexibility index (Phi) is 4.42. The zero-order chi connectivity index (χ0) is 12.1. The van der Waals surface area contributed by atoms with Crippen LogP contribution in [0, 0.1) is 0 Å². The van der Waals surface area contributed by atoms with Crippen molar-refractivity contribution in [1.29, 1.82) is 0 Å². The Labute approximate surface area is 110 Å². The number of pyridine rings is 1. The molecule has 4 heteroatoms. The summed E-state index contributed by atoms with van der Waals surface area (Å²) >= 11 is 7.53. The Morgan fingerprint density at radius 2 is 1.88 bits per heavy atom. The zero-order valence-corrected chi connectivity index (χ0v) is 10.8. The Morgan fingerprint density at radius 1 is 1.12 bits per heavy atom. The van der Waals surface area contributed by atoms with Crippen LogP contribution in [0.5, 0.6) is 0 Å². The van der Waals surface area contributed by atoms with Crippen LogP contribution in [0.2, 0.25) is 5.02 Å². The van der Waals surface area contributed by atoms with Crippen LogP contribution in [0.25, 0.3) is 0 Å². The molecule has 2 aromatic rings. The lowest BCUT2D eigenvalue weighted by Crippen LogP contribution is -1.96. The van der Waals surface area contributed by atoms with E-state index < -0.39 is 0 Å². The molecule has 0 spiro atoms. The molecule has 2 N–H and O–H groups in total. The number of thioether (sulfide) groups is 1. The summed E-state index contributed by atoms with van der Waals surface area (Å²) in [7, 11) is 0. The van der Waals surface area contributed by atoms with Gasteiger partial charge in [-0.05, 0) is 35.4 Å². The van der Waals surface area contributed by atoms with Gasteiger partial charge in [-0.15, -0.1) is 11.8 Å². The molecule has 2 rings (SSSR count). The molecule has 0 aliphatic carbocycles. The number of aromatic nitrogens is 1. The lowest BCUT2D eigenvalue weighted by Gasteiger charge is -2.03. The van der Waals surface area contributed by atoms with Gasteiger partial charge in [0.1, 0.15) is 0 Å². The van der Waals surface area contributed by atoms with E-state index in [-0.39, 0.29) is 0 Å². The standard InChI is InChI=1S/C13H13ClN2S/c14-12-3-1-10(2-4-12)9-17-13-7-11(8-15)5-6-16-13/h1-7H,8-9,15H2. The molecule has 0 saturated heterocycles. The van der Waals surface area contributed by atoms with Gasteiger partial charge >= 0.3 is 0 Å². The molecule has 0 fully saturated rings. The molecule has 1 heterocycles. The number of hydrogen-bond donors (Lipinski definition) is 1. The molecular formula is C13H13ClN2S. The maximum absolute atomic E-state index is 5.84. The van der Waals surface area contributed by atoms with Crippen molar-refractivity contribution < 1.29 is 0 Å². The van der Waals surface area contributed by atoms with Crippen LogP contribution in [-0.4, -0.2) is 4.98 Å². The van der Waals surface area contributed by atoms with Crippen LogP contribution in [0.3, 0.4) is 0 Å². The summed E-state index contributed by atoms with van der Waals surface area (Å²) in [6.45, 7) is 0.553. The Bertz CT molecular complexity index is 485. The van der Waals surface area contributed by atoms with E-state index in [9.17, 15) is 0 Å². The predicted octanol–water partition coefficient (Wildman–Crippen LogP) is 3.49.